The van der Waals surface area contributed by atoms with Gasteiger partial charge in [0.25, 0.3) is 0 Å². The fraction of sp³-hybridized carbons (Fsp3) is 0.500. The summed E-state index contributed by atoms with van der Waals surface area (Å²) in [7, 11) is -3.15. The maximum absolute atomic E-state index is 11.7. The van der Waals surface area contributed by atoms with Crippen LogP contribution >= 0.6 is 0 Å². The van der Waals surface area contributed by atoms with Crippen LogP contribution in [0.15, 0.2) is 29.2 Å². The molecule has 1 fully saturated rings. The number of benzene rings is 1. The Morgan fingerprint density at radius 2 is 1.89 bits per heavy atom. The molecule has 1 aromatic rings. The number of Topliss-reactive ketones (excluding diaryl/α,β-unsaturated/α-hetero) is 1. The highest BCUT2D eigenvalue weighted by atomic mass is 32.2. The zero-order valence-corrected chi connectivity index (χ0v) is 12.1. The molecule has 5 heteroatoms. The fourth-order valence-corrected chi connectivity index (χ4v) is 3.03. The predicted molar refractivity (Wildman–Crippen MR) is 75.2 cm³/mol. The Morgan fingerprint density at radius 1 is 1.26 bits per heavy atom. The minimum absolute atomic E-state index is 0.100. The quantitative estimate of drug-likeness (QED) is 0.849. The number of piperidine rings is 1. The number of hydrogen-bond donors (Lipinski definition) is 0. The number of sulfone groups is 1. The third-order valence-electron chi connectivity index (χ3n) is 3.65. The largest absolute Gasteiger partial charge is 0.370 e. The van der Waals surface area contributed by atoms with Gasteiger partial charge >= 0.3 is 0 Å². The van der Waals surface area contributed by atoms with E-state index < -0.39 is 9.84 Å². The van der Waals surface area contributed by atoms with Gasteiger partial charge in [0.1, 0.15) is 5.78 Å². The van der Waals surface area contributed by atoms with Crippen LogP contribution in [0, 0.1) is 5.92 Å². The summed E-state index contributed by atoms with van der Waals surface area (Å²) in [6.45, 7) is 3.47. The van der Waals surface area contributed by atoms with Crippen LogP contribution in [-0.2, 0) is 14.6 Å². The van der Waals surface area contributed by atoms with Crippen molar-refractivity contribution in [3.63, 3.8) is 0 Å². The van der Waals surface area contributed by atoms with Crippen LogP contribution in [0.25, 0.3) is 0 Å². The summed E-state index contributed by atoms with van der Waals surface area (Å²) in [4.78, 5) is 14.2. The molecule has 0 unspecified atom stereocenters. The van der Waals surface area contributed by atoms with E-state index in [0.29, 0.717) is 23.6 Å². The van der Waals surface area contributed by atoms with Gasteiger partial charge in [-0.15, -0.1) is 0 Å². The third-order valence-corrected chi connectivity index (χ3v) is 4.78. The van der Waals surface area contributed by atoms with Crippen LogP contribution in [0.5, 0.6) is 0 Å². The van der Waals surface area contributed by atoms with Gasteiger partial charge in [-0.3, -0.25) is 4.79 Å². The van der Waals surface area contributed by atoms with Crippen LogP contribution < -0.4 is 4.90 Å². The zero-order chi connectivity index (χ0) is 14.0. The van der Waals surface area contributed by atoms with E-state index in [1.807, 2.05) is 19.1 Å². The summed E-state index contributed by atoms with van der Waals surface area (Å²) in [6, 6.07) is 6.89. The van der Waals surface area contributed by atoms with E-state index in [1.165, 1.54) is 6.26 Å². The highest BCUT2D eigenvalue weighted by Gasteiger charge is 2.25. The number of nitrogens with zero attached hydrogens (tertiary/aromatic N) is 1. The van der Waals surface area contributed by atoms with Crippen LogP contribution in [0.3, 0.4) is 0 Å². The van der Waals surface area contributed by atoms with Crippen molar-refractivity contribution < 1.29 is 13.2 Å². The summed E-state index contributed by atoms with van der Waals surface area (Å²) < 4.78 is 22.8. The van der Waals surface area contributed by atoms with Crippen molar-refractivity contribution in [2.75, 3.05) is 24.2 Å². The standard InChI is InChI=1S/C14H19NO3S/c1-3-11-10-15(9-8-14(11)16)12-4-6-13(7-5-12)19(2,17)18/h4-7,11H,3,8-10H2,1-2H3/t11-/m0/s1. The maximum atomic E-state index is 11.7. The molecule has 19 heavy (non-hydrogen) atoms. The Kier molecular flexibility index (Phi) is 3.94. The van der Waals surface area contributed by atoms with Gasteiger partial charge in [0.15, 0.2) is 9.84 Å². The van der Waals surface area contributed by atoms with Crippen molar-refractivity contribution in [2.45, 2.75) is 24.7 Å². The van der Waals surface area contributed by atoms with E-state index in [9.17, 15) is 13.2 Å². The molecule has 4 nitrogen and oxygen atoms in total. The maximum Gasteiger partial charge on any atom is 0.175 e. The normalized spacial score (nSPS) is 20.6. The Bertz CT molecular complexity index is 563. The van der Waals surface area contributed by atoms with Crippen molar-refractivity contribution >= 4 is 21.3 Å². The molecule has 1 aliphatic heterocycles. The Balaban J connectivity index is 2.17. The molecule has 0 bridgehead atoms. The first-order valence-electron chi connectivity index (χ1n) is 6.49. The van der Waals surface area contributed by atoms with Crippen LogP contribution in [0.2, 0.25) is 0 Å². The lowest BCUT2D eigenvalue weighted by atomic mass is 9.94. The second-order valence-corrected chi connectivity index (χ2v) is 7.05. The molecule has 0 radical (unpaired) electrons. The van der Waals surface area contributed by atoms with E-state index >= 15 is 0 Å². The molecule has 0 amide bonds. The summed E-state index contributed by atoms with van der Waals surface area (Å²) in [5.41, 5.74) is 0.985. The molecule has 0 saturated carbocycles. The first kappa shape index (κ1) is 14.1. The van der Waals surface area contributed by atoms with E-state index in [1.54, 1.807) is 12.1 Å². The molecule has 0 N–H and O–H groups in total. The van der Waals surface area contributed by atoms with Crippen molar-refractivity contribution in [1.29, 1.82) is 0 Å². The minimum Gasteiger partial charge on any atom is -0.370 e. The molecule has 1 aliphatic rings. The highest BCUT2D eigenvalue weighted by Crippen LogP contribution is 2.24. The smallest absolute Gasteiger partial charge is 0.175 e. The third kappa shape index (κ3) is 3.15. The van der Waals surface area contributed by atoms with Gasteiger partial charge in [-0.25, -0.2) is 8.42 Å². The van der Waals surface area contributed by atoms with Gasteiger partial charge in [0.05, 0.1) is 4.90 Å². The summed E-state index contributed by atoms with van der Waals surface area (Å²) in [5.74, 6) is 0.440. The van der Waals surface area contributed by atoms with Crippen LogP contribution in [0.4, 0.5) is 5.69 Å². The molecule has 104 valence electrons. The van der Waals surface area contributed by atoms with Crippen molar-refractivity contribution in [1.82, 2.24) is 0 Å². The van der Waals surface area contributed by atoms with Gasteiger partial charge in [0, 0.05) is 37.4 Å². The predicted octanol–water partition coefficient (Wildman–Crippen LogP) is 1.90. The van der Waals surface area contributed by atoms with Gasteiger partial charge in [0.2, 0.25) is 0 Å². The summed E-state index contributed by atoms with van der Waals surface area (Å²) >= 11 is 0. The highest BCUT2D eigenvalue weighted by molar-refractivity contribution is 7.90. The summed E-state index contributed by atoms with van der Waals surface area (Å²) in [6.07, 6.45) is 2.64. The van der Waals surface area contributed by atoms with E-state index in [-0.39, 0.29) is 5.92 Å². The van der Waals surface area contributed by atoms with Crippen LogP contribution in [-0.4, -0.2) is 33.5 Å². The van der Waals surface area contributed by atoms with Crippen LogP contribution in [0.1, 0.15) is 19.8 Å². The molecular weight excluding hydrogens is 262 g/mol. The van der Waals surface area contributed by atoms with Crippen molar-refractivity contribution in [3.05, 3.63) is 24.3 Å². The zero-order valence-electron chi connectivity index (χ0n) is 11.3. The van der Waals surface area contributed by atoms with Gasteiger partial charge in [-0.2, -0.15) is 0 Å². The molecule has 0 aromatic heterocycles. The Labute approximate surface area is 114 Å². The topological polar surface area (TPSA) is 54.5 Å². The SMILES string of the molecule is CC[C@H]1CN(c2ccc(S(C)(=O)=O)cc2)CCC1=O. The Hall–Kier alpha value is -1.36. The lowest BCUT2D eigenvalue weighted by Gasteiger charge is -2.33. The molecule has 0 aliphatic carbocycles. The average Bonchev–Trinajstić information content (AvgIpc) is 2.38. The number of ketones is 1. The van der Waals surface area contributed by atoms with E-state index in [2.05, 4.69) is 4.90 Å². The average molecular weight is 281 g/mol. The number of anilines is 1. The van der Waals surface area contributed by atoms with Crippen molar-refractivity contribution in [3.8, 4) is 0 Å². The number of carbonyl (C=O) groups is 1. The van der Waals surface area contributed by atoms with E-state index in [4.69, 9.17) is 0 Å². The second kappa shape index (κ2) is 5.33. The van der Waals surface area contributed by atoms with Crippen molar-refractivity contribution in [2.24, 2.45) is 5.92 Å². The monoisotopic (exact) mass is 281 g/mol. The molecule has 0 spiro atoms. The number of carbonyl (C=O) groups excluding carboxylic acids is 1. The van der Waals surface area contributed by atoms with Gasteiger partial charge in [-0.05, 0) is 30.7 Å². The molecule has 2 rings (SSSR count). The minimum atomic E-state index is -3.15. The van der Waals surface area contributed by atoms with Gasteiger partial charge < -0.3 is 4.90 Å². The number of hydrogen-bond acceptors (Lipinski definition) is 4. The first-order valence-corrected chi connectivity index (χ1v) is 8.38. The van der Waals surface area contributed by atoms with E-state index in [0.717, 1.165) is 18.7 Å². The van der Waals surface area contributed by atoms with Gasteiger partial charge in [-0.1, -0.05) is 6.92 Å². The molecule has 1 heterocycles. The first-order chi connectivity index (χ1) is 8.91. The summed E-state index contributed by atoms with van der Waals surface area (Å²) in [5, 5.41) is 0. The molecule has 1 saturated heterocycles. The molecular formula is C14H19NO3S. The lowest BCUT2D eigenvalue weighted by molar-refractivity contribution is -0.123. The molecule has 1 atom stereocenters. The Morgan fingerprint density at radius 3 is 2.42 bits per heavy atom. The lowest BCUT2D eigenvalue weighted by Crippen LogP contribution is -2.40. The second-order valence-electron chi connectivity index (χ2n) is 5.03. The fourth-order valence-electron chi connectivity index (χ4n) is 2.40. The number of rotatable bonds is 3. The molecule has 1 aromatic carbocycles.